The molecule has 0 amide bonds. The molecule has 0 saturated carbocycles. The fourth-order valence-corrected chi connectivity index (χ4v) is 4.40. The summed E-state index contributed by atoms with van der Waals surface area (Å²) in [7, 11) is -4.67. The van der Waals surface area contributed by atoms with Gasteiger partial charge in [-0.1, -0.05) is 101 Å². The molecule has 0 unspecified atom stereocenters. The van der Waals surface area contributed by atoms with Gasteiger partial charge in [0, 0.05) is 0 Å². The molecule has 1 N–H and O–H groups in total. The third kappa shape index (κ3) is 10.7. The minimum Gasteiger partial charge on any atom is -0.871 e. The SMILES string of the molecule is CCCCCCCCCCCCCc1cccc(Oc2cccc([O-])c2S(=O)(=O)O)c1.[Na+]. The van der Waals surface area contributed by atoms with Crippen LogP contribution < -0.4 is 39.4 Å². The van der Waals surface area contributed by atoms with E-state index in [-0.39, 0.29) is 35.3 Å². The van der Waals surface area contributed by atoms with Crippen LogP contribution in [0.1, 0.15) is 83.1 Å². The summed E-state index contributed by atoms with van der Waals surface area (Å²) in [6.07, 6.45) is 15.2. The second-order valence-corrected chi connectivity index (χ2v) is 9.45. The molecule has 2 aromatic rings. The molecule has 0 aliphatic heterocycles. The molecule has 2 rings (SSSR count). The van der Waals surface area contributed by atoms with Crippen LogP contribution in [0.2, 0.25) is 0 Å². The molecule has 0 bridgehead atoms. The van der Waals surface area contributed by atoms with Crippen LogP contribution >= 0.6 is 0 Å². The Labute approximate surface area is 215 Å². The van der Waals surface area contributed by atoms with Gasteiger partial charge >= 0.3 is 29.6 Å². The van der Waals surface area contributed by atoms with Crippen molar-refractivity contribution in [2.75, 3.05) is 0 Å². The van der Waals surface area contributed by atoms with E-state index in [1.165, 1.54) is 76.3 Å². The van der Waals surface area contributed by atoms with Crippen molar-refractivity contribution in [2.24, 2.45) is 0 Å². The first kappa shape index (κ1) is 29.0. The summed E-state index contributed by atoms with van der Waals surface area (Å²) < 4.78 is 38.0. The van der Waals surface area contributed by atoms with Crippen molar-refractivity contribution in [1.29, 1.82) is 0 Å². The summed E-state index contributed by atoms with van der Waals surface area (Å²) in [5.41, 5.74) is 1.10. The first-order valence-electron chi connectivity index (χ1n) is 11.5. The third-order valence-electron chi connectivity index (χ3n) is 5.40. The van der Waals surface area contributed by atoms with Crippen LogP contribution in [0.25, 0.3) is 0 Å². The number of hydrogen-bond acceptors (Lipinski definition) is 4. The van der Waals surface area contributed by atoms with Crippen molar-refractivity contribution in [3.05, 3.63) is 48.0 Å². The monoisotopic (exact) mass is 470 g/mol. The maximum absolute atomic E-state index is 11.9. The van der Waals surface area contributed by atoms with Gasteiger partial charge in [0.1, 0.15) is 16.4 Å². The minimum absolute atomic E-state index is 0. The predicted molar refractivity (Wildman–Crippen MR) is 122 cm³/mol. The van der Waals surface area contributed by atoms with E-state index in [1.807, 2.05) is 18.2 Å². The van der Waals surface area contributed by atoms with Gasteiger partial charge in [-0.15, -0.1) is 0 Å². The summed E-state index contributed by atoms with van der Waals surface area (Å²) in [5, 5.41) is 11.9. The van der Waals surface area contributed by atoms with Crippen molar-refractivity contribution in [1.82, 2.24) is 0 Å². The van der Waals surface area contributed by atoms with Gasteiger partial charge in [0.25, 0.3) is 10.1 Å². The van der Waals surface area contributed by atoms with Crippen LogP contribution in [0.15, 0.2) is 47.4 Å². The van der Waals surface area contributed by atoms with E-state index in [9.17, 15) is 18.1 Å². The molecule has 5 nitrogen and oxygen atoms in total. The van der Waals surface area contributed by atoms with E-state index in [1.54, 1.807) is 6.07 Å². The maximum atomic E-state index is 11.9. The molecule has 0 saturated heterocycles. The Kier molecular flexibility index (Phi) is 14.2. The normalized spacial score (nSPS) is 11.2. The number of hydrogen-bond donors (Lipinski definition) is 1. The summed E-state index contributed by atoms with van der Waals surface area (Å²) in [6.45, 7) is 2.25. The Balaban J connectivity index is 0.00000512. The van der Waals surface area contributed by atoms with Gasteiger partial charge in [-0.25, -0.2) is 0 Å². The molecule has 0 heterocycles. The Bertz CT molecular complexity index is 899. The molecule has 0 aliphatic carbocycles. The van der Waals surface area contributed by atoms with Gasteiger partial charge in [-0.2, -0.15) is 8.42 Å². The smallest absolute Gasteiger partial charge is 0.871 e. The van der Waals surface area contributed by atoms with E-state index < -0.39 is 20.8 Å². The zero-order valence-electron chi connectivity index (χ0n) is 19.5. The number of ether oxygens (including phenoxy) is 1. The molecule has 0 aliphatic rings. The van der Waals surface area contributed by atoms with Gasteiger partial charge in [0.2, 0.25) is 0 Å². The summed E-state index contributed by atoms with van der Waals surface area (Å²) in [4.78, 5) is -0.731. The second kappa shape index (κ2) is 15.7. The molecular formula is C25H35NaO5S. The molecular weight excluding hydrogens is 435 g/mol. The molecule has 0 spiro atoms. The zero-order valence-corrected chi connectivity index (χ0v) is 22.3. The first-order chi connectivity index (χ1) is 14.9. The fraction of sp³-hybridized carbons (Fsp3) is 0.520. The van der Waals surface area contributed by atoms with Crippen molar-refractivity contribution >= 4 is 10.1 Å². The van der Waals surface area contributed by atoms with E-state index in [4.69, 9.17) is 4.74 Å². The number of rotatable bonds is 15. The molecule has 7 heteroatoms. The van der Waals surface area contributed by atoms with E-state index in [2.05, 4.69) is 6.92 Å². The quantitative estimate of drug-likeness (QED) is 0.244. The molecule has 0 aromatic heterocycles. The summed E-state index contributed by atoms with van der Waals surface area (Å²) >= 11 is 0. The molecule has 0 fully saturated rings. The van der Waals surface area contributed by atoms with Gasteiger partial charge in [0.05, 0.1) is 0 Å². The van der Waals surface area contributed by atoms with E-state index in [0.29, 0.717) is 5.75 Å². The topological polar surface area (TPSA) is 86.7 Å². The van der Waals surface area contributed by atoms with Crippen molar-refractivity contribution < 1.29 is 52.4 Å². The van der Waals surface area contributed by atoms with Crippen LogP contribution in [0, 0.1) is 0 Å². The van der Waals surface area contributed by atoms with Crippen LogP contribution in [0.5, 0.6) is 17.2 Å². The van der Waals surface area contributed by atoms with E-state index in [0.717, 1.165) is 24.5 Å². The standard InChI is InChI=1S/C25H36O5S.Na/c1-2-3-4-5-6-7-8-9-10-11-12-15-21-16-13-17-22(20-21)30-24-19-14-18-23(26)25(24)31(27,28)29;/h13-14,16-20,26H,2-12,15H2,1H3,(H,27,28,29);/q;+1/p-1. The number of benzene rings is 2. The second-order valence-electron chi connectivity index (χ2n) is 8.09. The summed E-state index contributed by atoms with van der Waals surface area (Å²) in [6, 6.07) is 11.3. The van der Waals surface area contributed by atoms with Gasteiger partial charge in [-0.3, -0.25) is 4.55 Å². The zero-order chi connectivity index (χ0) is 22.5. The van der Waals surface area contributed by atoms with Gasteiger partial charge in [-0.05, 0) is 36.6 Å². The number of unbranched alkanes of at least 4 members (excludes halogenated alkanes) is 10. The van der Waals surface area contributed by atoms with Crippen LogP contribution in [0.4, 0.5) is 0 Å². The minimum atomic E-state index is -4.67. The van der Waals surface area contributed by atoms with Crippen LogP contribution in [-0.4, -0.2) is 13.0 Å². The van der Waals surface area contributed by atoms with Crippen LogP contribution in [-0.2, 0) is 16.5 Å². The Morgan fingerprint density at radius 3 is 2.00 bits per heavy atom. The molecule has 0 atom stereocenters. The first-order valence-corrected chi connectivity index (χ1v) is 12.9. The molecule has 0 radical (unpaired) electrons. The van der Waals surface area contributed by atoms with Crippen molar-refractivity contribution in [3.8, 4) is 17.2 Å². The average Bonchev–Trinajstić information content (AvgIpc) is 2.71. The molecule has 172 valence electrons. The van der Waals surface area contributed by atoms with Gasteiger partial charge < -0.3 is 9.84 Å². The third-order valence-corrected chi connectivity index (χ3v) is 6.31. The molecule has 32 heavy (non-hydrogen) atoms. The Morgan fingerprint density at radius 1 is 0.844 bits per heavy atom. The average molecular weight is 471 g/mol. The largest absolute Gasteiger partial charge is 1.00 e. The molecule has 2 aromatic carbocycles. The van der Waals surface area contributed by atoms with E-state index >= 15 is 0 Å². The summed E-state index contributed by atoms with van der Waals surface area (Å²) in [5.74, 6) is -0.518. The predicted octanol–water partition coefficient (Wildman–Crippen LogP) is 3.66. The Hall–Kier alpha value is -1.05. The maximum Gasteiger partial charge on any atom is 1.00 e. The van der Waals surface area contributed by atoms with Crippen molar-refractivity contribution in [3.63, 3.8) is 0 Å². The van der Waals surface area contributed by atoms with Gasteiger partial charge in [0.15, 0.2) is 0 Å². The number of aryl methyl sites for hydroxylation is 1. The fourth-order valence-electron chi connectivity index (χ4n) is 3.72. The van der Waals surface area contributed by atoms with Crippen LogP contribution in [0.3, 0.4) is 0 Å². The Morgan fingerprint density at radius 2 is 1.41 bits per heavy atom. The van der Waals surface area contributed by atoms with Crippen molar-refractivity contribution in [2.45, 2.75) is 88.9 Å².